The van der Waals surface area contributed by atoms with Gasteiger partial charge in [0, 0.05) is 12.1 Å². The zero-order valence-corrected chi connectivity index (χ0v) is 13.4. The average Bonchev–Trinajstić information content (AvgIpc) is 2.50. The molecule has 0 fully saturated rings. The normalized spacial score (nSPS) is 12.0. The van der Waals surface area contributed by atoms with Crippen LogP contribution >= 0.6 is 15.9 Å². The van der Waals surface area contributed by atoms with Crippen molar-refractivity contribution in [2.24, 2.45) is 0 Å². The molecule has 0 aliphatic carbocycles. The number of benzene rings is 2. The molecule has 1 atom stereocenters. The zero-order valence-electron chi connectivity index (χ0n) is 11.8. The lowest BCUT2D eigenvalue weighted by atomic mass is 9.98. The van der Waals surface area contributed by atoms with Crippen molar-refractivity contribution in [3.63, 3.8) is 0 Å². The molecule has 0 aromatic heterocycles. The Balaban J connectivity index is 1.85. The van der Waals surface area contributed by atoms with Crippen LogP contribution in [0.2, 0.25) is 0 Å². The molecule has 0 radical (unpaired) electrons. The maximum absolute atomic E-state index is 13.4. The van der Waals surface area contributed by atoms with E-state index in [-0.39, 0.29) is 5.91 Å². The lowest BCUT2D eigenvalue weighted by Gasteiger charge is -2.12. The molecule has 0 spiro atoms. The molecule has 2 rings (SSSR count). The van der Waals surface area contributed by atoms with Crippen molar-refractivity contribution in [2.45, 2.75) is 19.3 Å². The van der Waals surface area contributed by atoms with Crippen molar-refractivity contribution in [3.8, 4) is 0 Å². The number of rotatable bonds is 5. The van der Waals surface area contributed by atoms with Gasteiger partial charge in [-0.25, -0.2) is 4.39 Å². The highest BCUT2D eigenvalue weighted by atomic mass is 79.9. The fourth-order valence-electron chi connectivity index (χ4n) is 2.09. The first-order valence-corrected chi connectivity index (χ1v) is 7.65. The molecule has 1 amide bonds. The van der Waals surface area contributed by atoms with Gasteiger partial charge in [-0.1, -0.05) is 37.3 Å². The average molecular weight is 350 g/mol. The molecule has 2 aromatic carbocycles. The Morgan fingerprint density at radius 3 is 2.62 bits per heavy atom. The summed E-state index contributed by atoms with van der Waals surface area (Å²) in [6.45, 7) is 2.69. The molecule has 1 unspecified atom stereocenters. The minimum absolute atomic E-state index is 0.248. The smallest absolute Gasteiger partial charge is 0.251 e. The maximum Gasteiger partial charge on any atom is 0.251 e. The van der Waals surface area contributed by atoms with Gasteiger partial charge in [-0.2, -0.15) is 0 Å². The highest BCUT2D eigenvalue weighted by molar-refractivity contribution is 9.10. The molecule has 0 aliphatic rings. The molecule has 4 heteroatoms. The molecule has 1 N–H and O–H groups in total. The van der Waals surface area contributed by atoms with Crippen LogP contribution in [0, 0.1) is 5.82 Å². The van der Waals surface area contributed by atoms with Gasteiger partial charge in [-0.15, -0.1) is 0 Å². The molecule has 110 valence electrons. The third-order valence-corrected chi connectivity index (χ3v) is 4.06. The number of hydrogen-bond donors (Lipinski definition) is 1. The van der Waals surface area contributed by atoms with E-state index in [2.05, 4.69) is 40.3 Å². The highest BCUT2D eigenvalue weighted by Gasteiger charge is 2.09. The topological polar surface area (TPSA) is 29.1 Å². The summed E-state index contributed by atoms with van der Waals surface area (Å²) in [5.74, 6) is -0.310. The summed E-state index contributed by atoms with van der Waals surface area (Å²) in [7, 11) is 0. The Morgan fingerprint density at radius 1 is 1.24 bits per heavy atom. The van der Waals surface area contributed by atoms with Crippen molar-refractivity contribution >= 4 is 21.8 Å². The predicted octanol–water partition coefficient (Wildman–Crippen LogP) is 4.51. The van der Waals surface area contributed by atoms with Crippen LogP contribution in [0.15, 0.2) is 53.0 Å². The monoisotopic (exact) mass is 349 g/mol. The fraction of sp³-hybridized carbons (Fsp3) is 0.235. The minimum Gasteiger partial charge on any atom is -0.352 e. The van der Waals surface area contributed by atoms with Crippen molar-refractivity contribution in [1.29, 1.82) is 0 Å². The Labute approximate surface area is 132 Å². The van der Waals surface area contributed by atoms with Crippen LogP contribution < -0.4 is 5.32 Å². The zero-order chi connectivity index (χ0) is 15.2. The van der Waals surface area contributed by atoms with E-state index in [4.69, 9.17) is 0 Å². The van der Waals surface area contributed by atoms with Crippen molar-refractivity contribution in [2.75, 3.05) is 6.54 Å². The molecule has 0 heterocycles. The summed E-state index contributed by atoms with van der Waals surface area (Å²) in [4.78, 5) is 11.9. The largest absolute Gasteiger partial charge is 0.352 e. The number of amides is 1. The van der Waals surface area contributed by atoms with Gasteiger partial charge in [-0.3, -0.25) is 4.79 Å². The van der Waals surface area contributed by atoms with Crippen LogP contribution in [0.4, 0.5) is 4.39 Å². The van der Waals surface area contributed by atoms with E-state index in [9.17, 15) is 9.18 Å². The Morgan fingerprint density at radius 2 is 1.95 bits per heavy atom. The Bertz CT molecular complexity index is 615. The third-order valence-electron chi connectivity index (χ3n) is 3.41. The van der Waals surface area contributed by atoms with Gasteiger partial charge < -0.3 is 5.32 Å². The summed E-state index contributed by atoms with van der Waals surface area (Å²) in [6.07, 6.45) is 0.842. The lowest BCUT2D eigenvalue weighted by Crippen LogP contribution is -2.25. The van der Waals surface area contributed by atoms with Crippen LogP contribution in [0.25, 0.3) is 0 Å². The van der Waals surface area contributed by atoms with Gasteiger partial charge in [0.15, 0.2) is 0 Å². The quantitative estimate of drug-likeness (QED) is 0.845. The van der Waals surface area contributed by atoms with Gasteiger partial charge in [0.1, 0.15) is 5.82 Å². The molecule has 2 nitrogen and oxygen atoms in total. The van der Waals surface area contributed by atoms with Crippen molar-refractivity contribution in [1.82, 2.24) is 5.32 Å². The third kappa shape index (κ3) is 4.39. The van der Waals surface area contributed by atoms with Crippen molar-refractivity contribution in [3.05, 3.63) is 69.9 Å². The molecule has 0 aliphatic heterocycles. The highest BCUT2D eigenvalue weighted by Crippen LogP contribution is 2.18. The lowest BCUT2D eigenvalue weighted by molar-refractivity contribution is 0.0952. The van der Waals surface area contributed by atoms with Gasteiger partial charge in [0.05, 0.1) is 4.47 Å². The van der Waals surface area contributed by atoms with E-state index >= 15 is 0 Å². The summed E-state index contributed by atoms with van der Waals surface area (Å²) in [6, 6.07) is 14.5. The second kappa shape index (κ2) is 7.36. The van der Waals surface area contributed by atoms with Crippen molar-refractivity contribution < 1.29 is 9.18 Å². The predicted molar refractivity (Wildman–Crippen MR) is 85.9 cm³/mol. The number of carbonyl (C=O) groups is 1. The van der Waals surface area contributed by atoms with Crippen LogP contribution in [0.1, 0.15) is 35.2 Å². The Hall–Kier alpha value is -1.68. The van der Waals surface area contributed by atoms with E-state index in [1.807, 2.05) is 18.2 Å². The van der Waals surface area contributed by atoms with Crippen LogP contribution in [0.5, 0.6) is 0 Å². The first-order chi connectivity index (χ1) is 10.1. The van der Waals surface area contributed by atoms with Gasteiger partial charge >= 0.3 is 0 Å². The molecule has 0 saturated carbocycles. The second-order valence-corrected chi connectivity index (χ2v) is 5.84. The van der Waals surface area contributed by atoms with Gasteiger partial charge in [0.25, 0.3) is 5.91 Å². The number of carbonyl (C=O) groups excluding carboxylic acids is 1. The molecule has 0 bridgehead atoms. The second-order valence-electron chi connectivity index (χ2n) is 4.99. The summed E-state index contributed by atoms with van der Waals surface area (Å²) >= 11 is 3.07. The summed E-state index contributed by atoms with van der Waals surface area (Å²) in [5, 5.41) is 2.83. The molecule has 21 heavy (non-hydrogen) atoms. The van der Waals surface area contributed by atoms with E-state index in [1.54, 1.807) is 6.07 Å². The Kier molecular flexibility index (Phi) is 5.51. The first-order valence-electron chi connectivity index (χ1n) is 6.86. The van der Waals surface area contributed by atoms with E-state index in [0.717, 1.165) is 6.42 Å². The number of nitrogens with one attached hydrogen (secondary N) is 1. The maximum atomic E-state index is 13.4. The fourth-order valence-corrected chi connectivity index (χ4v) is 2.34. The number of halogens is 2. The molecule has 0 saturated heterocycles. The van der Waals surface area contributed by atoms with Gasteiger partial charge in [-0.05, 0) is 52.0 Å². The van der Waals surface area contributed by atoms with E-state index < -0.39 is 5.82 Å². The summed E-state index contributed by atoms with van der Waals surface area (Å²) < 4.78 is 13.7. The standard InChI is InChI=1S/C17H17BrFNO/c1-12(13-5-3-2-4-6-13)9-10-20-17(21)14-7-8-15(18)16(19)11-14/h2-8,11-12H,9-10H2,1H3,(H,20,21). The van der Waals surface area contributed by atoms with Crippen LogP contribution in [-0.2, 0) is 0 Å². The van der Waals surface area contributed by atoms with Crippen LogP contribution in [0.3, 0.4) is 0 Å². The van der Waals surface area contributed by atoms with E-state index in [0.29, 0.717) is 22.5 Å². The van der Waals surface area contributed by atoms with E-state index in [1.165, 1.54) is 17.7 Å². The molecule has 2 aromatic rings. The minimum atomic E-state index is -0.430. The number of hydrogen-bond acceptors (Lipinski definition) is 1. The molecular weight excluding hydrogens is 333 g/mol. The summed E-state index contributed by atoms with van der Waals surface area (Å²) in [5.41, 5.74) is 1.59. The SMILES string of the molecule is CC(CCNC(=O)c1ccc(Br)c(F)c1)c1ccccc1. The van der Waals surface area contributed by atoms with Crippen LogP contribution in [-0.4, -0.2) is 12.5 Å². The first kappa shape index (κ1) is 15.7. The van der Waals surface area contributed by atoms with Gasteiger partial charge in [0.2, 0.25) is 0 Å². The molecular formula is C17H17BrFNO.